The maximum absolute atomic E-state index is 13.2. The van der Waals surface area contributed by atoms with Crippen LogP contribution in [0.5, 0.6) is 5.75 Å². The van der Waals surface area contributed by atoms with E-state index in [4.69, 9.17) is 9.94 Å². The van der Waals surface area contributed by atoms with Crippen molar-refractivity contribution in [2.75, 3.05) is 13.1 Å². The van der Waals surface area contributed by atoms with Crippen LogP contribution in [0, 0.1) is 6.92 Å². The van der Waals surface area contributed by atoms with E-state index in [9.17, 15) is 13.2 Å². The van der Waals surface area contributed by atoms with Gasteiger partial charge in [0.1, 0.15) is 12.4 Å². The minimum atomic E-state index is -3.92. The Kier molecular flexibility index (Phi) is 7.07. The van der Waals surface area contributed by atoms with Crippen LogP contribution in [0.15, 0.2) is 59.5 Å². The molecule has 1 aliphatic rings. The van der Waals surface area contributed by atoms with Crippen molar-refractivity contribution in [3.8, 4) is 5.75 Å². The first kappa shape index (κ1) is 26.0. The Morgan fingerprint density at radius 1 is 1.14 bits per heavy atom. The summed E-state index contributed by atoms with van der Waals surface area (Å²) in [6, 6.07) is 16.0. The van der Waals surface area contributed by atoms with E-state index in [0.717, 1.165) is 22.2 Å². The molecule has 0 atom stereocenters. The van der Waals surface area contributed by atoms with Crippen LogP contribution in [0.4, 0.5) is 0 Å². The number of nitrogens with one attached hydrogen (secondary N) is 2. The van der Waals surface area contributed by atoms with Crippen molar-refractivity contribution < 1.29 is 23.2 Å². The molecule has 36 heavy (non-hydrogen) atoms. The normalized spacial score (nSPS) is 15.9. The number of rotatable bonds is 8. The number of benzene rings is 2. The summed E-state index contributed by atoms with van der Waals surface area (Å²) in [4.78, 5) is 18.6. The number of carbonyl (C=O) groups is 1. The predicted octanol–water partition coefficient (Wildman–Crippen LogP) is 3.15. The highest BCUT2D eigenvalue weighted by atomic mass is 32.2. The van der Waals surface area contributed by atoms with Gasteiger partial charge < -0.3 is 4.74 Å². The number of hydroxylamine groups is 1. The molecule has 10 heteroatoms. The number of aryl methyl sites for hydroxylation is 1. The molecule has 192 valence electrons. The molecule has 1 aliphatic heterocycles. The highest BCUT2D eigenvalue weighted by molar-refractivity contribution is 7.89. The van der Waals surface area contributed by atoms with Crippen LogP contribution in [0.25, 0.3) is 10.9 Å². The first-order valence-electron chi connectivity index (χ1n) is 11.7. The fraction of sp³-hybridized carbons (Fsp3) is 0.385. The Morgan fingerprint density at radius 2 is 1.81 bits per heavy atom. The van der Waals surface area contributed by atoms with Crippen molar-refractivity contribution in [2.45, 2.75) is 56.7 Å². The standard InChI is InChI=1S/C26H32N4O5S/c1-18-13-19(22-7-5-6-8-23(22)27-18)15-35-20-9-11-21(12-10-20)36(33,34)29-26(14-24(31)28-32)16-30(17-26)25(2,3)4/h5-13,29,32H,14-17H2,1-4H3,(H,28,31). The highest BCUT2D eigenvalue weighted by Crippen LogP contribution is 2.33. The van der Waals surface area contributed by atoms with Crippen molar-refractivity contribution in [1.82, 2.24) is 20.1 Å². The molecule has 0 unspecified atom stereocenters. The van der Waals surface area contributed by atoms with Crippen molar-refractivity contribution in [2.24, 2.45) is 0 Å². The maximum Gasteiger partial charge on any atom is 0.245 e. The quantitative estimate of drug-likeness (QED) is 0.313. The number of likely N-dealkylation sites (tertiary alicyclic amines) is 1. The van der Waals surface area contributed by atoms with Crippen molar-refractivity contribution >= 4 is 26.8 Å². The Labute approximate surface area is 211 Å². The van der Waals surface area contributed by atoms with Gasteiger partial charge in [0.2, 0.25) is 15.9 Å². The second kappa shape index (κ2) is 9.78. The summed E-state index contributed by atoms with van der Waals surface area (Å²) < 4.78 is 35.0. The lowest BCUT2D eigenvalue weighted by Gasteiger charge is -2.55. The minimum Gasteiger partial charge on any atom is -0.489 e. The summed E-state index contributed by atoms with van der Waals surface area (Å²) in [6.45, 7) is 9.01. The average molecular weight is 513 g/mol. The van der Waals surface area contributed by atoms with Gasteiger partial charge in [-0.15, -0.1) is 0 Å². The molecule has 4 rings (SSSR count). The lowest BCUT2D eigenvalue weighted by atomic mass is 9.83. The third-order valence-electron chi connectivity index (χ3n) is 6.37. The number of fused-ring (bicyclic) bond motifs is 1. The van der Waals surface area contributed by atoms with Gasteiger partial charge in [-0.2, -0.15) is 0 Å². The monoisotopic (exact) mass is 512 g/mol. The second-order valence-corrected chi connectivity index (χ2v) is 12.0. The van der Waals surface area contributed by atoms with Gasteiger partial charge in [0.05, 0.1) is 22.4 Å². The summed E-state index contributed by atoms with van der Waals surface area (Å²) in [6.07, 6.45) is -0.171. The average Bonchev–Trinajstić information content (AvgIpc) is 2.79. The van der Waals surface area contributed by atoms with Crippen molar-refractivity contribution in [3.05, 3.63) is 65.9 Å². The van der Waals surface area contributed by atoms with E-state index in [-0.39, 0.29) is 16.9 Å². The molecule has 3 N–H and O–H groups in total. The number of para-hydroxylation sites is 1. The Balaban J connectivity index is 1.47. The molecule has 9 nitrogen and oxygen atoms in total. The molecule has 2 aromatic carbocycles. The van der Waals surface area contributed by atoms with E-state index in [2.05, 4.69) is 14.6 Å². The lowest BCUT2D eigenvalue weighted by Crippen LogP contribution is -2.74. The summed E-state index contributed by atoms with van der Waals surface area (Å²) in [5.74, 6) is -0.113. The molecule has 1 saturated heterocycles. The van der Waals surface area contributed by atoms with E-state index in [1.165, 1.54) is 12.1 Å². The van der Waals surface area contributed by atoms with Crippen molar-refractivity contribution in [1.29, 1.82) is 0 Å². The molecule has 0 radical (unpaired) electrons. The summed E-state index contributed by atoms with van der Waals surface area (Å²) >= 11 is 0. The van der Waals surface area contributed by atoms with Crippen LogP contribution in [-0.4, -0.2) is 53.6 Å². The molecule has 1 fully saturated rings. The van der Waals surface area contributed by atoms with Crippen LogP contribution in [-0.2, 0) is 21.4 Å². The molecule has 3 aromatic rings. The topological polar surface area (TPSA) is 121 Å². The summed E-state index contributed by atoms with van der Waals surface area (Å²) in [5, 5.41) is 10.00. The Morgan fingerprint density at radius 3 is 2.44 bits per heavy atom. The lowest BCUT2D eigenvalue weighted by molar-refractivity contribution is -0.133. The second-order valence-electron chi connectivity index (χ2n) is 10.3. The van der Waals surface area contributed by atoms with E-state index in [1.807, 2.05) is 58.0 Å². The van der Waals surface area contributed by atoms with Crippen LogP contribution < -0.4 is 14.9 Å². The fourth-order valence-electron chi connectivity index (χ4n) is 4.45. The van der Waals surface area contributed by atoms with E-state index < -0.39 is 21.5 Å². The van der Waals surface area contributed by atoms with Gasteiger partial charge in [0.15, 0.2) is 0 Å². The molecular formula is C26H32N4O5S. The molecular weight excluding hydrogens is 480 g/mol. The number of amides is 1. The molecule has 2 heterocycles. The van der Waals surface area contributed by atoms with Gasteiger partial charge in [-0.25, -0.2) is 18.6 Å². The number of nitrogens with zero attached hydrogens (tertiary/aromatic N) is 2. The predicted molar refractivity (Wildman–Crippen MR) is 136 cm³/mol. The minimum absolute atomic E-state index is 0.0676. The molecule has 1 amide bonds. The number of carbonyl (C=O) groups excluding carboxylic acids is 1. The van der Waals surface area contributed by atoms with Crippen LogP contribution in [0.1, 0.15) is 38.4 Å². The zero-order chi connectivity index (χ0) is 26.1. The molecule has 0 saturated carbocycles. The third kappa shape index (κ3) is 5.67. The van der Waals surface area contributed by atoms with Crippen LogP contribution in [0.3, 0.4) is 0 Å². The Hall–Kier alpha value is -3.05. The molecule has 0 aliphatic carbocycles. The Bertz CT molecular complexity index is 1360. The fourth-order valence-corrected chi connectivity index (χ4v) is 5.84. The number of hydrogen-bond acceptors (Lipinski definition) is 7. The van der Waals surface area contributed by atoms with E-state index >= 15 is 0 Å². The van der Waals surface area contributed by atoms with Crippen LogP contribution in [0.2, 0.25) is 0 Å². The molecule has 0 spiro atoms. The molecule has 0 bridgehead atoms. The van der Waals surface area contributed by atoms with Gasteiger partial charge >= 0.3 is 0 Å². The van der Waals surface area contributed by atoms with E-state index in [1.54, 1.807) is 17.6 Å². The van der Waals surface area contributed by atoms with E-state index in [0.29, 0.717) is 25.4 Å². The third-order valence-corrected chi connectivity index (χ3v) is 7.96. The van der Waals surface area contributed by atoms with Crippen LogP contribution >= 0.6 is 0 Å². The van der Waals surface area contributed by atoms with Gasteiger partial charge in [-0.05, 0) is 64.1 Å². The number of aromatic nitrogens is 1. The van der Waals surface area contributed by atoms with Gasteiger partial charge in [0, 0.05) is 35.3 Å². The largest absolute Gasteiger partial charge is 0.489 e. The smallest absolute Gasteiger partial charge is 0.245 e. The first-order valence-corrected chi connectivity index (χ1v) is 13.2. The van der Waals surface area contributed by atoms with Gasteiger partial charge in [-0.1, -0.05) is 18.2 Å². The molecule has 1 aromatic heterocycles. The number of ether oxygens (including phenoxy) is 1. The zero-order valence-electron chi connectivity index (χ0n) is 20.9. The first-order chi connectivity index (χ1) is 16.9. The SMILES string of the molecule is Cc1cc(COc2ccc(S(=O)(=O)NC3(CC(=O)NO)CN(C(C)(C)C)C3)cc2)c2ccccc2n1. The summed E-state index contributed by atoms with van der Waals surface area (Å²) in [5.41, 5.74) is 3.21. The number of sulfonamides is 1. The van der Waals surface area contributed by atoms with Gasteiger partial charge in [-0.3, -0.25) is 19.9 Å². The maximum atomic E-state index is 13.2. The zero-order valence-corrected chi connectivity index (χ0v) is 21.7. The number of pyridine rings is 1. The summed E-state index contributed by atoms with van der Waals surface area (Å²) in [7, 11) is -3.92. The highest BCUT2D eigenvalue weighted by Gasteiger charge is 2.50. The van der Waals surface area contributed by atoms with Gasteiger partial charge in [0.25, 0.3) is 0 Å². The number of hydrogen-bond donors (Lipinski definition) is 3. The van der Waals surface area contributed by atoms with Crippen molar-refractivity contribution in [3.63, 3.8) is 0 Å².